The molecule has 0 radical (unpaired) electrons. The minimum Gasteiger partial charge on any atom is -0.364 e. The molecule has 1 heterocycles. The molecule has 0 aromatic heterocycles. The van der Waals surface area contributed by atoms with Gasteiger partial charge < -0.3 is 14.2 Å². The summed E-state index contributed by atoms with van der Waals surface area (Å²) < 4.78 is 18.4. The number of hydrogen-bond acceptors (Lipinski definition) is 3. The van der Waals surface area contributed by atoms with Crippen LogP contribution in [0.5, 0.6) is 0 Å². The average molecular weight is 437 g/mol. The monoisotopic (exact) mass is 436 g/mol. The Labute approximate surface area is 195 Å². The van der Waals surface area contributed by atoms with Gasteiger partial charge in [0, 0.05) is 17.8 Å². The lowest BCUT2D eigenvalue weighted by Crippen LogP contribution is -2.47. The predicted octanol–water partition coefficient (Wildman–Crippen LogP) is 6.69. The maximum Gasteiger partial charge on any atom is 0.174 e. The molecule has 32 heavy (non-hydrogen) atoms. The number of benzene rings is 1. The van der Waals surface area contributed by atoms with Crippen molar-refractivity contribution in [1.82, 2.24) is 0 Å². The molecule has 1 aliphatic carbocycles. The van der Waals surface area contributed by atoms with Gasteiger partial charge in [-0.25, -0.2) is 0 Å². The molecule has 1 aromatic carbocycles. The van der Waals surface area contributed by atoms with E-state index < -0.39 is 5.79 Å². The maximum atomic E-state index is 6.32. The van der Waals surface area contributed by atoms with E-state index in [-0.39, 0.29) is 11.3 Å². The van der Waals surface area contributed by atoms with Crippen molar-refractivity contribution in [1.29, 1.82) is 0 Å². The molecule has 3 atom stereocenters. The van der Waals surface area contributed by atoms with E-state index in [4.69, 9.17) is 14.2 Å². The Morgan fingerprint density at radius 1 is 1.25 bits per heavy atom. The van der Waals surface area contributed by atoms with Crippen LogP contribution in [0.1, 0.15) is 64.9 Å². The third kappa shape index (κ3) is 6.13. The third-order valence-corrected chi connectivity index (χ3v) is 7.14. The van der Waals surface area contributed by atoms with Gasteiger partial charge in [-0.05, 0) is 57.4 Å². The van der Waals surface area contributed by atoms with Crippen LogP contribution in [0.4, 0.5) is 0 Å². The van der Waals surface area contributed by atoms with E-state index in [1.54, 1.807) is 0 Å². The molecular weight excluding hydrogens is 396 g/mol. The van der Waals surface area contributed by atoms with Crippen LogP contribution in [0.15, 0.2) is 54.6 Å². The zero-order valence-corrected chi connectivity index (χ0v) is 20.2. The van der Waals surface area contributed by atoms with Crippen molar-refractivity contribution in [2.24, 2.45) is 17.3 Å². The van der Waals surface area contributed by atoms with Gasteiger partial charge in [0.25, 0.3) is 0 Å². The maximum absolute atomic E-state index is 6.32. The van der Waals surface area contributed by atoms with Crippen LogP contribution >= 0.6 is 0 Å². The molecule has 174 valence electrons. The number of hydrogen-bond donors (Lipinski definition) is 0. The zero-order valence-electron chi connectivity index (χ0n) is 20.2. The molecule has 1 saturated carbocycles. The van der Waals surface area contributed by atoms with Crippen LogP contribution < -0.4 is 0 Å². The fourth-order valence-electron chi connectivity index (χ4n) is 5.32. The van der Waals surface area contributed by atoms with Gasteiger partial charge in [0.15, 0.2) is 5.79 Å². The topological polar surface area (TPSA) is 27.7 Å². The number of ether oxygens (including phenoxy) is 3. The summed E-state index contributed by atoms with van der Waals surface area (Å²) in [5.41, 5.74) is 2.50. The summed E-state index contributed by atoms with van der Waals surface area (Å²) in [7, 11) is 0. The molecule has 3 rings (SSSR count). The summed E-state index contributed by atoms with van der Waals surface area (Å²) in [5.74, 6) is 7.20. The second kappa shape index (κ2) is 11.8. The molecule has 3 heteroatoms. The number of allylic oxidation sites excluding steroid dienone is 3. The molecular formula is C29H40O3. The van der Waals surface area contributed by atoms with E-state index in [0.29, 0.717) is 32.3 Å². The van der Waals surface area contributed by atoms with Gasteiger partial charge in [-0.1, -0.05) is 66.8 Å². The van der Waals surface area contributed by atoms with Crippen LogP contribution in [0.25, 0.3) is 0 Å². The highest BCUT2D eigenvalue weighted by Gasteiger charge is 2.60. The van der Waals surface area contributed by atoms with E-state index in [0.717, 1.165) is 38.5 Å². The van der Waals surface area contributed by atoms with E-state index in [2.05, 4.69) is 57.4 Å². The Kier molecular flexibility index (Phi) is 9.17. The largest absolute Gasteiger partial charge is 0.364 e. The van der Waals surface area contributed by atoms with Crippen LogP contribution in [0, 0.1) is 29.1 Å². The van der Waals surface area contributed by atoms with E-state index >= 15 is 0 Å². The van der Waals surface area contributed by atoms with Crippen LogP contribution in [-0.2, 0) is 20.8 Å². The lowest BCUT2D eigenvalue weighted by atomic mass is 9.68. The second-order valence-electron chi connectivity index (χ2n) is 9.69. The Morgan fingerprint density at radius 2 is 2.00 bits per heavy atom. The number of rotatable bonds is 10. The van der Waals surface area contributed by atoms with Gasteiger partial charge in [0.05, 0.1) is 19.8 Å². The fourth-order valence-corrected chi connectivity index (χ4v) is 5.32. The second-order valence-corrected chi connectivity index (χ2v) is 9.69. The minimum absolute atomic E-state index is 0.0547. The zero-order chi connectivity index (χ0) is 22.9. The van der Waals surface area contributed by atoms with E-state index in [1.807, 2.05) is 24.3 Å². The smallest absolute Gasteiger partial charge is 0.174 e. The molecule has 1 spiro atoms. The fraction of sp³-hybridized carbons (Fsp3) is 0.586. The molecule has 2 aliphatic rings. The van der Waals surface area contributed by atoms with Gasteiger partial charge in [-0.3, -0.25) is 0 Å². The SMILES string of the molecule is C=CCCC(C#CCOCc1ccccc1)C[C@]1(C)[C@@H](CC=C(C)C)CCC12OCCO2. The third-order valence-electron chi connectivity index (χ3n) is 7.14. The van der Waals surface area contributed by atoms with Crippen molar-refractivity contribution >= 4 is 0 Å². The van der Waals surface area contributed by atoms with Crippen LogP contribution in [-0.4, -0.2) is 25.6 Å². The van der Waals surface area contributed by atoms with Crippen molar-refractivity contribution in [3.63, 3.8) is 0 Å². The van der Waals surface area contributed by atoms with Crippen LogP contribution in [0.3, 0.4) is 0 Å². The van der Waals surface area contributed by atoms with Gasteiger partial charge in [0.1, 0.15) is 6.61 Å². The molecule has 1 saturated heterocycles. The summed E-state index contributed by atoms with van der Waals surface area (Å²) in [6.07, 6.45) is 10.5. The Bertz CT molecular complexity index is 806. The molecule has 2 fully saturated rings. The first-order chi connectivity index (χ1) is 15.5. The molecule has 1 unspecified atom stereocenters. The first-order valence-corrected chi connectivity index (χ1v) is 12.1. The van der Waals surface area contributed by atoms with Crippen molar-refractivity contribution in [2.45, 2.75) is 71.7 Å². The van der Waals surface area contributed by atoms with E-state index in [1.165, 1.54) is 11.1 Å². The lowest BCUT2D eigenvalue weighted by molar-refractivity contribution is -0.228. The molecule has 0 bridgehead atoms. The van der Waals surface area contributed by atoms with Crippen LogP contribution in [0.2, 0.25) is 0 Å². The minimum atomic E-state index is -0.453. The lowest BCUT2D eigenvalue weighted by Gasteiger charge is -2.44. The quantitative estimate of drug-likeness (QED) is 0.232. The Morgan fingerprint density at radius 3 is 2.69 bits per heavy atom. The highest BCUT2D eigenvalue weighted by Crippen LogP contribution is 2.59. The summed E-state index contributed by atoms with van der Waals surface area (Å²) >= 11 is 0. The Balaban J connectivity index is 1.69. The van der Waals surface area contributed by atoms with E-state index in [9.17, 15) is 0 Å². The highest BCUT2D eigenvalue weighted by atomic mass is 16.7. The molecule has 1 aliphatic heterocycles. The summed E-state index contributed by atoms with van der Waals surface area (Å²) in [5, 5.41) is 0. The molecule has 0 N–H and O–H groups in total. The summed E-state index contributed by atoms with van der Waals surface area (Å²) in [6.45, 7) is 13.1. The first kappa shape index (κ1) is 24.8. The summed E-state index contributed by atoms with van der Waals surface area (Å²) in [6, 6.07) is 10.2. The van der Waals surface area contributed by atoms with Crippen molar-refractivity contribution in [3.05, 3.63) is 60.2 Å². The van der Waals surface area contributed by atoms with Gasteiger partial charge in [-0.2, -0.15) is 0 Å². The molecule has 0 amide bonds. The standard InChI is InChI=1S/C29H40O3/c1-5-6-11-25(14-10-19-30-23-26-12-8-7-9-13-26)22-28(4)27(16-15-24(2)3)17-18-29(28)31-20-21-32-29/h5,7-9,12-13,15,25,27H,1,6,11,16-23H2,2-4H3/t25?,27-,28+/m0/s1. The first-order valence-electron chi connectivity index (χ1n) is 12.1. The predicted molar refractivity (Wildman–Crippen MR) is 131 cm³/mol. The van der Waals surface area contributed by atoms with Crippen molar-refractivity contribution < 1.29 is 14.2 Å². The van der Waals surface area contributed by atoms with Gasteiger partial charge >= 0.3 is 0 Å². The summed E-state index contributed by atoms with van der Waals surface area (Å²) in [4.78, 5) is 0. The van der Waals surface area contributed by atoms with Gasteiger partial charge in [0.2, 0.25) is 0 Å². The highest BCUT2D eigenvalue weighted by molar-refractivity contribution is 5.14. The molecule has 1 aromatic rings. The molecule has 3 nitrogen and oxygen atoms in total. The normalized spacial score (nSPS) is 24.7. The van der Waals surface area contributed by atoms with Gasteiger partial charge in [-0.15, -0.1) is 6.58 Å². The average Bonchev–Trinajstić information content (AvgIpc) is 3.37. The Hall–Kier alpha value is -1.86. The van der Waals surface area contributed by atoms with Crippen molar-refractivity contribution in [3.8, 4) is 11.8 Å². The van der Waals surface area contributed by atoms with Crippen molar-refractivity contribution in [2.75, 3.05) is 19.8 Å².